The van der Waals surface area contributed by atoms with E-state index >= 15 is 0 Å². The lowest BCUT2D eigenvalue weighted by Crippen LogP contribution is -1.88. The molecule has 0 aliphatic carbocycles. The molecule has 5 heteroatoms. The maximum atomic E-state index is 4.34. The van der Waals surface area contributed by atoms with Crippen LogP contribution in [0.1, 0.15) is 10.6 Å². The highest BCUT2D eigenvalue weighted by molar-refractivity contribution is 9.11. The molecule has 0 spiro atoms. The van der Waals surface area contributed by atoms with Crippen LogP contribution in [0.25, 0.3) is 0 Å². The van der Waals surface area contributed by atoms with Crippen molar-refractivity contribution in [1.29, 1.82) is 0 Å². The van der Waals surface area contributed by atoms with Gasteiger partial charge < -0.3 is 0 Å². The molecule has 0 atom stereocenters. The summed E-state index contributed by atoms with van der Waals surface area (Å²) in [5.74, 6) is 0.930. The first-order chi connectivity index (χ1) is 7.24. The van der Waals surface area contributed by atoms with Gasteiger partial charge in [0.05, 0.1) is 3.79 Å². The van der Waals surface area contributed by atoms with Crippen LogP contribution in [0.5, 0.6) is 0 Å². The zero-order chi connectivity index (χ0) is 10.7. The van der Waals surface area contributed by atoms with E-state index in [0.29, 0.717) is 0 Å². The number of nitrogens with zero attached hydrogens (tertiary/aromatic N) is 2. The van der Waals surface area contributed by atoms with Gasteiger partial charge in [-0.1, -0.05) is 11.8 Å². The summed E-state index contributed by atoms with van der Waals surface area (Å²) in [6.07, 6.45) is 1.80. The van der Waals surface area contributed by atoms with Gasteiger partial charge in [-0.2, -0.15) is 0 Å². The Labute approximate surface area is 105 Å². The molecule has 78 valence electrons. The Morgan fingerprint density at radius 1 is 1.40 bits per heavy atom. The van der Waals surface area contributed by atoms with Crippen LogP contribution < -0.4 is 0 Å². The van der Waals surface area contributed by atoms with E-state index in [0.717, 1.165) is 16.6 Å². The number of hydrogen-bond acceptors (Lipinski definition) is 4. The van der Waals surface area contributed by atoms with Crippen LogP contribution in [0.3, 0.4) is 0 Å². The Hall–Kier alpha value is -0.390. The van der Waals surface area contributed by atoms with Crippen LogP contribution in [0.2, 0.25) is 0 Å². The molecule has 0 bridgehead atoms. The molecule has 0 aliphatic rings. The van der Waals surface area contributed by atoms with E-state index in [1.54, 1.807) is 29.3 Å². The molecular formula is C10H9BrN2S2. The van der Waals surface area contributed by atoms with Crippen molar-refractivity contribution in [2.45, 2.75) is 17.8 Å². The van der Waals surface area contributed by atoms with E-state index in [1.807, 2.05) is 13.0 Å². The summed E-state index contributed by atoms with van der Waals surface area (Å²) in [4.78, 5) is 9.88. The van der Waals surface area contributed by atoms with Crippen molar-refractivity contribution in [3.63, 3.8) is 0 Å². The molecule has 2 nitrogen and oxygen atoms in total. The lowest BCUT2D eigenvalue weighted by Gasteiger charge is -1.98. The van der Waals surface area contributed by atoms with Crippen LogP contribution in [-0.2, 0) is 5.75 Å². The average molecular weight is 301 g/mol. The molecule has 2 aromatic heterocycles. The summed E-state index contributed by atoms with van der Waals surface area (Å²) in [5, 5.41) is 0.847. The first-order valence-corrected chi connectivity index (χ1v) is 7.00. The third-order valence-corrected chi connectivity index (χ3v) is 4.46. The van der Waals surface area contributed by atoms with Gasteiger partial charge in [-0.05, 0) is 41.1 Å². The van der Waals surface area contributed by atoms with Gasteiger partial charge in [-0.15, -0.1) is 11.3 Å². The average Bonchev–Trinajstić information content (AvgIpc) is 2.62. The lowest BCUT2D eigenvalue weighted by molar-refractivity contribution is 0.932. The third kappa shape index (κ3) is 3.29. The van der Waals surface area contributed by atoms with Crippen LogP contribution >= 0.6 is 39.0 Å². The van der Waals surface area contributed by atoms with Crippen molar-refractivity contribution in [2.75, 3.05) is 0 Å². The standard InChI is InChI=1S/C10H9BrN2S2/c1-7-4-5-12-10(13-7)14-6-8-2-3-9(11)15-8/h2-5H,6H2,1H3. The molecule has 2 aromatic rings. The lowest BCUT2D eigenvalue weighted by atomic mass is 10.5. The highest BCUT2D eigenvalue weighted by Gasteiger charge is 2.01. The monoisotopic (exact) mass is 300 g/mol. The van der Waals surface area contributed by atoms with Gasteiger partial charge in [-0.25, -0.2) is 9.97 Å². The molecule has 0 unspecified atom stereocenters. The summed E-state index contributed by atoms with van der Waals surface area (Å²) in [5.41, 5.74) is 1.01. The molecule has 0 saturated carbocycles. The van der Waals surface area contributed by atoms with Crippen molar-refractivity contribution >= 4 is 39.0 Å². The molecule has 0 saturated heterocycles. The minimum atomic E-state index is 0.847. The number of halogens is 1. The number of thiophene rings is 1. The van der Waals surface area contributed by atoms with Crippen molar-refractivity contribution in [1.82, 2.24) is 9.97 Å². The smallest absolute Gasteiger partial charge is 0.188 e. The molecular weight excluding hydrogens is 292 g/mol. The van der Waals surface area contributed by atoms with Crippen LogP contribution in [0.15, 0.2) is 33.3 Å². The van der Waals surface area contributed by atoms with Crippen molar-refractivity contribution in [3.05, 3.63) is 38.8 Å². The quantitative estimate of drug-likeness (QED) is 0.635. The molecule has 0 N–H and O–H groups in total. The van der Waals surface area contributed by atoms with E-state index in [4.69, 9.17) is 0 Å². The predicted molar refractivity (Wildman–Crippen MR) is 68.3 cm³/mol. The van der Waals surface area contributed by atoms with Crippen LogP contribution in [-0.4, -0.2) is 9.97 Å². The van der Waals surface area contributed by atoms with Gasteiger partial charge in [0.25, 0.3) is 0 Å². The highest BCUT2D eigenvalue weighted by atomic mass is 79.9. The van der Waals surface area contributed by atoms with Gasteiger partial charge in [0.2, 0.25) is 0 Å². The fourth-order valence-electron chi connectivity index (χ4n) is 1.06. The zero-order valence-corrected chi connectivity index (χ0v) is 11.3. The SMILES string of the molecule is Cc1ccnc(SCc2ccc(Br)s2)n1. The topological polar surface area (TPSA) is 25.8 Å². The Balaban J connectivity index is 1.99. The zero-order valence-electron chi connectivity index (χ0n) is 8.11. The van der Waals surface area contributed by atoms with E-state index in [2.05, 4.69) is 38.0 Å². The molecule has 0 aromatic carbocycles. The summed E-state index contributed by atoms with van der Waals surface area (Å²) < 4.78 is 1.17. The molecule has 0 amide bonds. The number of aryl methyl sites for hydroxylation is 1. The first-order valence-electron chi connectivity index (χ1n) is 4.41. The fraction of sp³-hybridized carbons (Fsp3) is 0.200. The molecule has 0 aliphatic heterocycles. The predicted octanol–water partition coefficient (Wildman–Crippen LogP) is 3.90. The summed E-state index contributed by atoms with van der Waals surface area (Å²) in [7, 11) is 0. The Bertz CT molecular complexity index is 456. The van der Waals surface area contributed by atoms with Crippen molar-refractivity contribution in [2.24, 2.45) is 0 Å². The Morgan fingerprint density at radius 2 is 2.27 bits per heavy atom. The fourth-order valence-corrected chi connectivity index (χ4v) is 3.46. The van der Waals surface area contributed by atoms with Gasteiger partial charge in [0.1, 0.15) is 0 Å². The second-order valence-electron chi connectivity index (χ2n) is 2.98. The van der Waals surface area contributed by atoms with Crippen LogP contribution in [0, 0.1) is 6.92 Å². The Morgan fingerprint density at radius 3 is 2.93 bits per heavy atom. The molecule has 2 rings (SSSR count). The normalized spacial score (nSPS) is 10.5. The second kappa shape index (κ2) is 5.09. The maximum Gasteiger partial charge on any atom is 0.188 e. The number of thioether (sulfide) groups is 1. The first kappa shape index (κ1) is 11.1. The van der Waals surface area contributed by atoms with Gasteiger partial charge in [-0.3, -0.25) is 0 Å². The summed E-state index contributed by atoms with van der Waals surface area (Å²) >= 11 is 6.87. The third-order valence-electron chi connectivity index (χ3n) is 1.75. The maximum absolute atomic E-state index is 4.34. The number of hydrogen-bond donors (Lipinski definition) is 0. The largest absolute Gasteiger partial charge is 0.231 e. The highest BCUT2D eigenvalue weighted by Crippen LogP contribution is 2.27. The van der Waals surface area contributed by atoms with E-state index in [1.165, 1.54) is 8.66 Å². The molecule has 0 fully saturated rings. The van der Waals surface area contributed by atoms with Crippen molar-refractivity contribution < 1.29 is 0 Å². The number of aromatic nitrogens is 2. The van der Waals surface area contributed by atoms with Gasteiger partial charge >= 0.3 is 0 Å². The van der Waals surface area contributed by atoms with Crippen molar-refractivity contribution in [3.8, 4) is 0 Å². The van der Waals surface area contributed by atoms with E-state index in [9.17, 15) is 0 Å². The minimum absolute atomic E-state index is 0.847. The van der Waals surface area contributed by atoms with E-state index in [-0.39, 0.29) is 0 Å². The van der Waals surface area contributed by atoms with Gasteiger partial charge in [0, 0.05) is 22.5 Å². The number of rotatable bonds is 3. The molecule has 2 heterocycles. The van der Waals surface area contributed by atoms with E-state index < -0.39 is 0 Å². The van der Waals surface area contributed by atoms with Crippen LogP contribution in [0.4, 0.5) is 0 Å². The minimum Gasteiger partial charge on any atom is -0.231 e. The Kier molecular flexibility index (Phi) is 3.77. The molecule has 0 radical (unpaired) electrons. The summed E-state index contributed by atoms with van der Waals surface area (Å²) in [6, 6.07) is 6.10. The second-order valence-corrected chi connectivity index (χ2v) is 6.47. The molecule has 15 heavy (non-hydrogen) atoms. The van der Waals surface area contributed by atoms with Gasteiger partial charge in [0.15, 0.2) is 5.16 Å². The summed E-state index contributed by atoms with van der Waals surface area (Å²) in [6.45, 7) is 1.98.